The fourth-order valence-electron chi connectivity index (χ4n) is 4.89. The molecule has 1 fully saturated rings. The standard InChI is InChI=1S/C16H20N2/c1-11-9-15(2)13-6-4-3-5-12(13)10-16(11,15)14-17-7-8-18-14/h3-6,11H,7-10H2,1-2H3,(H,17,18)/t11-,15-,16-/m1/s1. The van der Waals surface area contributed by atoms with Gasteiger partial charge in [-0.1, -0.05) is 38.1 Å². The van der Waals surface area contributed by atoms with E-state index in [2.05, 4.69) is 43.4 Å². The van der Waals surface area contributed by atoms with Crippen LogP contribution in [0, 0.1) is 11.3 Å². The SMILES string of the molecule is C[C@@H]1C[C@]2(C)c3ccccc3C[C@]12C1=NCCN1. The van der Waals surface area contributed by atoms with Crippen LogP contribution in [0.25, 0.3) is 0 Å². The molecule has 94 valence electrons. The highest BCUT2D eigenvalue weighted by Crippen LogP contribution is 2.68. The molecule has 0 bridgehead atoms. The van der Waals surface area contributed by atoms with Crippen molar-refractivity contribution >= 4 is 5.84 Å². The predicted octanol–water partition coefficient (Wildman–Crippen LogP) is 2.53. The predicted molar refractivity (Wildman–Crippen MR) is 74.0 cm³/mol. The summed E-state index contributed by atoms with van der Waals surface area (Å²) in [7, 11) is 0. The molecule has 18 heavy (non-hydrogen) atoms. The first-order valence-electron chi connectivity index (χ1n) is 7.06. The molecule has 3 aliphatic rings. The van der Waals surface area contributed by atoms with Crippen LogP contribution in [0.2, 0.25) is 0 Å². The lowest BCUT2D eigenvalue weighted by Gasteiger charge is -2.59. The maximum absolute atomic E-state index is 4.78. The molecule has 1 heterocycles. The van der Waals surface area contributed by atoms with Crippen LogP contribution in [0.4, 0.5) is 0 Å². The molecule has 1 saturated carbocycles. The average Bonchev–Trinajstić information content (AvgIpc) is 2.94. The minimum absolute atomic E-state index is 0.257. The van der Waals surface area contributed by atoms with E-state index < -0.39 is 0 Å². The maximum Gasteiger partial charge on any atom is 0.104 e. The molecule has 4 rings (SSSR count). The van der Waals surface area contributed by atoms with Gasteiger partial charge in [0.25, 0.3) is 0 Å². The smallest absolute Gasteiger partial charge is 0.104 e. The molecular formula is C16H20N2. The third kappa shape index (κ3) is 0.955. The van der Waals surface area contributed by atoms with Crippen LogP contribution < -0.4 is 5.32 Å². The summed E-state index contributed by atoms with van der Waals surface area (Å²) in [5.41, 5.74) is 3.67. The van der Waals surface area contributed by atoms with Crippen molar-refractivity contribution in [1.29, 1.82) is 0 Å². The maximum atomic E-state index is 4.78. The molecule has 2 nitrogen and oxygen atoms in total. The van der Waals surface area contributed by atoms with Crippen molar-refractivity contribution in [3.8, 4) is 0 Å². The summed E-state index contributed by atoms with van der Waals surface area (Å²) in [6.45, 7) is 6.82. The fraction of sp³-hybridized carbons (Fsp3) is 0.562. The Morgan fingerprint density at radius 2 is 2.17 bits per heavy atom. The molecule has 0 amide bonds. The van der Waals surface area contributed by atoms with Crippen molar-refractivity contribution in [1.82, 2.24) is 5.32 Å². The van der Waals surface area contributed by atoms with Gasteiger partial charge in [0.1, 0.15) is 5.84 Å². The average molecular weight is 240 g/mol. The van der Waals surface area contributed by atoms with Gasteiger partial charge in [0.2, 0.25) is 0 Å². The zero-order valence-electron chi connectivity index (χ0n) is 11.2. The monoisotopic (exact) mass is 240 g/mol. The lowest BCUT2D eigenvalue weighted by atomic mass is 9.44. The number of aliphatic imine (C=N–C) groups is 1. The molecule has 1 aromatic rings. The van der Waals surface area contributed by atoms with Gasteiger partial charge in [-0.25, -0.2) is 0 Å². The van der Waals surface area contributed by atoms with Crippen LogP contribution in [-0.4, -0.2) is 18.9 Å². The van der Waals surface area contributed by atoms with Gasteiger partial charge >= 0.3 is 0 Å². The van der Waals surface area contributed by atoms with E-state index in [0.29, 0.717) is 5.41 Å². The Bertz CT molecular complexity index is 548. The Hall–Kier alpha value is -1.31. The van der Waals surface area contributed by atoms with Crippen molar-refractivity contribution in [2.24, 2.45) is 16.3 Å². The highest BCUT2D eigenvalue weighted by atomic mass is 15.1. The van der Waals surface area contributed by atoms with Gasteiger partial charge in [0, 0.05) is 17.4 Å². The van der Waals surface area contributed by atoms with Gasteiger partial charge in [-0.3, -0.25) is 4.99 Å². The second-order valence-electron chi connectivity index (χ2n) is 6.40. The molecule has 1 aliphatic heterocycles. The number of rotatable bonds is 1. The number of nitrogens with one attached hydrogen (secondary N) is 1. The Morgan fingerprint density at radius 3 is 2.89 bits per heavy atom. The second kappa shape index (κ2) is 3.17. The minimum atomic E-state index is 0.257. The van der Waals surface area contributed by atoms with Gasteiger partial charge in [0.15, 0.2) is 0 Å². The number of fused-ring (bicyclic) bond motifs is 3. The normalized spacial score (nSPS) is 40.6. The van der Waals surface area contributed by atoms with E-state index in [0.717, 1.165) is 19.0 Å². The first-order chi connectivity index (χ1) is 8.68. The summed E-state index contributed by atoms with van der Waals surface area (Å²) in [5.74, 6) is 2.03. The van der Waals surface area contributed by atoms with Crippen molar-refractivity contribution < 1.29 is 0 Å². The molecule has 1 aromatic carbocycles. The first-order valence-corrected chi connectivity index (χ1v) is 7.06. The van der Waals surface area contributed by atoms with Crippen LogP contribution in [-0.2, 0) is 11.8 Å². The van der Waals surface area contributed by atoms with Crippen molar-refractivity contribution in [3.63, 3.8) is 0 Å². The van der Waals surface area contributed by atoms with E-state index in [1.54, 1.807) is 11.1 Å². The quantitative estimate of drug-likeness (QED) is 0.801. The topological polar surface area (TPSA) is 24.4 Å². The van der Waals surface area contributed by atoms with Gasteiger partial charge in [-0.15, -0.1) is 0 Å². The Kier molecular flexibility index (Phi) is 1.87. The third-order valence-corrected chi connectivity index (χ3v) is 5.72. The molecule has 0 spiro atoms. The van der Waals surface area contributed by atoms with Crippen LogP contribution in [0.15, 0.2) is 29.3 Å². The molecule has 2 heteroatoms. The van der Waals surface area contributed by atoms with Gasteiger partial charge in [0.05, 0.1) is 6.54 Å². The number of amidine groups is 1. The zero-order valence-corrected chi connectivity index (χ0v) is 11.2. The summed E-state index contributed by atoms with van der Waals surface area (Å²) in [4.78, 5) is 4.78. The molecule has 1 N–H and O–H groups in total. The van der Waals surface area contributed by atoms with Crippen LogP contribution in [0.5, 0.6) is 0 Å². The lowest BCUT2D eigenvalue weighted by molar-refractivity contribution is 0.0144. The van der Waals surface area contributed by atoms with Crippen LogP contribution in [0.3, 0.4) is 0 Å². The van der Waals surface area contributed by atoms with E-state index in [4.69, 9.17) is 4.99 Å². The summed E-state index contributed by atoms with van der Waals surface area (Å²) >= 11 is 0. The van der Waals surface area contributed by atoms with Crippen LogP contribution in [0.1, 0.15) is 31.4 Å². The summed E-state index contributed by atoms with van der Waals surface area (Å²) in [6.07, 6.45) is 2.47. The van der Waals surface area contributed by atoms with E-state index in [1.807, 2.05) is 0 Å². The van der Waals surface area contributed by atoms with Crippen molar-refractivity contribution in [2.45, 2.75) is 32.1 Å². The van der Waals surface area contributed by atoms with E-state index in [-0.39, 0.29) is 5.41 Å². The Morgan fingerprint density at radius 1 is 1.33 bits per heavy atom. The number of benzene rings is 1. The second-order valence-corrected chi connectivity index (χ2v) is 6.40. The van der Waals surface area contributed by atoms with Gasteiger partial charge < -0.3 is 5.32 Å². The van der Waals surface area contributed by atoms with Gasteiger partial charge in [-0.05, 0) is 29.9 Å². The van der Waals surface area contributed by atoms with E-state index in [1.165, 1.54) is 18.7 Å². The summed E-state index contributed by atoms with van der Waals surface area (Å²) in [6, 6.07) is 9.00. The molecule has 2 aliphatic carbocycles. The molecule has 3 atom stereocenters. The van der Waals surface area contributed by atoms with Crippen LogP contribution >= 0.6 is 0 Å². The van der Waals surface area contributed by atoms with Gasteiger partial charge in [-0.2, -0.15) is 0 Å². The molecule has 0 radical (unpaired) electrons. The summed E-state index contributed by atoms with van der Waals surface area (Å²) < 4.78 is 0. The minimum Gasteiger partial charge on any atom is -0.371 e. The molecule has 0 aromatic heterocycles. The fourth-order valence-corrected chi connectivity index (χ4v) is 4.89. The van der Waals surface area contributed by atoms with E-state index in [9.17, 15) is 0 Å². The van der Waals surface area contributed by atoms with Crippen molar-refractivity contribution in [3.05, 3.63) is 35.4 Å². The van der Waals surface area contributed by atoms with E-state index >= 15 is 0 Å². The Labute approximate surface area is 109 Å². The third-order valence-electron chi connectivity index (χ3n) is 5.72. The lowest BCUT2D eigenvalue weighted by Crippen LogP contribution is -2.63. The molecular weight excluding hydrogens is 220 g/mol. The highest BCUT2D eigenvalue weighted by Gasteiger charge is 2.68. The first kappa shape index (κ1) is 10.6. The summed E-state index contributed by atoms with van der Waals surface area (Å²) in [5, 5.41) is 3.56. The number of hydrogen-bond acceptors (Lipinski definition) is 2. The van der Waals surface area contributed by atoms with Crippen molar-refractivity contribution in [2.75, 3.05) is 13.1 Å². The largest absolute Gasteiger partial charge is 0.371 e. The number of hydrogen-bond donors (Lipinski definition) is 1. The molecule has 0 saturated heterocycles. The highest BCUT2D eigenvalue weighted by molar-refractivity contribution is 5.94. The number of nitrogens with zero attached hydrogens (tertiary/aromatic N) is 1. The molecule has 0 unspecified atom stereocenters. The zero-order chi connectivity index (χ0) is 12.4. The Balaban J connectivity index is 1.89.